The molecule has 3 heterocycles. The van der Waals surface area contributed by atoms with Crippen molar-refractivity contribution in [1.29, 1.82) is 0 Å². The van der Waals surface area contributed by atoms with Gasteiger partial charge < -0.3 is 9.47 Å². The van der Waals surface area contributed by atoms with E-state index >= 15 is 0 Å². The van der Waals surface area contributed by atoms with Crippen molar-refractivity contribution in [1.82, 2.24) is 24.3 Å². The number of ether oxygens (including phenoxy) is 2. The molecule has 3 rings (SSSR count). The first kappa shape index (κ1) is 14.4. The van der Waals surface area contributed by atoms with E-state index in [4.69, 9.17) is 9.47 Å². The summed E-state index contributed by atoms with van der Waals surface area (Å²) in [5.41, 5.74) is -0.425. The molecule has 1 aliphatic heterocycles. The van der Waals surface area contributed by atoms with Gasteiger partial charge in [0.15, 0.2) is 5.82 Å². The van der Waals surface area contributed by atoms with Crippen LogP contribution in [0.15, 0.2) is 29.7 Å². The summed E-state index contributed by atoms with van der Waals surface area (Å²) in [5.74, 6) is 0.156. The van der Waals surface area contributed by atoms with Crippen LogP contribution in [0.4, 0.5) is 0 Å². The summed E-state index contributed by atoms with van der Waals surface area (Å²) in [6, 6.07) is 1.67. The molecule has 0 N–H and O–H groups in total. The number of hydrogen-bond donors (Lipinski definition) is 0. The summed E-state index contributed by atoms with van der Waals surface area (Å²) in [5, 5.41) is 3.92. The fraction of sp³-hybridized carbons (Fsp3) is 0.462. The molecule has 9 nitrogen and oxygen atoms in total. The molecule has 0 unspecified atom stereocenters. The molecular formula is C13H15N5O4. The maximum absolute atomic E-state index is 12.1. The first-order valence-corrected chi connectivity index (χ1v) is 6.82. The predicted octanol–water partition coefficient (Wildman–Crippen LogP) is -0.0778. The second-order valence-electron chi connectivity index (χ2n) is 5.01. The van der Waals surface area contributed by atoms with Gasteiger partial charge in [-0.1, -0.05) is 0 Å². The molecule has 0 aliphatic carbocycles. The van der Waals surface area contributed by atoms with Gasteiger partial charge in [0.1, 0.15) is 18.9 Å². The summed E-state index contributed by atoms with van der Waals surface area (Å²) in [7, 11) is 0. The number of carbonyl (C=O) groups is 1. The van der Waals surface area contributed by atoms with Gasteiger partial charge in [-0.05, 0) is 6.07 Å². The van der Waals surface area contributed by atoms with E-state index in [1.54, 1.807) is 12.3 Å². The topological polar surface area (TPSA) is 101 Å². The van der Waals surface area contributed by atoms with Crippen LogP contribution in [-0.2, 0) is 14.3 Å². The lowest BCUT2D eigenvalue weighted by atomic mass is 10.1. The second kappa shape index (κ2) is 6.06. The molecule has 0 radical (unpaired) electrons. The lowest BCUT2D eigenvalue weighted by Gasteiger charge is -2.13. The predicted molar refractivity (Wildman–Crippen MR) is 73.1 cm³/mol. The zero-order valence-electron chi connectivity index (χ0n) is 12.0. The molecule has 2 aromatic rings. The van der Waals surface area contributed by atoms with Crippen LogP contribution in [0.5, 0.6) is 0 Å². The SMILES string of the molecule is CC(=O)OC[C@H]1CO[C@@H](n2ccc(-n3cncn3)nc2=O)C1. The Morgan fingerprint density at radius 2 is 2.41 bits per heavy atom. The van der Waals surface area contributed by atoms with Crippen molar-refractivity contribution in [3.63, 3.8) is 0 Å². The van der Waals surface area contributed by atoms with E-state index in [9.17, 15) is 9.59 Å². The van der Waals surface area contributed by atoms with E-state index in [1.807, 2.05) is 0 Å². The smallest absolute Gasteiger partial charge is 0.351 e. The number of hydrogen-bond acceptors (Lipinski definition) is 7. The highest BCUT2D eigenvalue weighted by atomic mass is 16.5. The third-order valence-corrected chi connectivity index (χ3v) is 3.36. The summed E-state index contributed by atoms with van der Waals surface area (Å²) in [4.78, 5) is 30.7. The highest BCUT2D eigenvalue weighted by molar-refractivity contribution is 5.65. The lowest BCUT2D eigenvalue weighted by molar-refractivity contribution is -0.142. The van der Waals surface area contributed by atoms with Crippen LogP contribution < -0.4 is 5.69 Å². The standard InChI is InChI=1S/C13H15N5O4/c1-9(19)21-5-10-4-12(22-6-10)17-3-2-11(16-13(17)20)18-8-14-7-15-18/h2-3,7-8,10,12H,4-6H2,1H3/t10-,12+/m0/s1. The van der Waals surface area contributed by atoms with Crippen LogP contribution in [0.1, 0.15) is 19.6 Å². The summed E-state index contributed by atoms with van der Waals surface area (Å²) >= 11 is 0. The van der Waals surface area contributed by atoms with E-state index in [1.165, 1.54) is 28.8 Å². The summed E-state index contributed by atoms with van der Waals surface area (Å²) < 4.78 is 13.4. The normalized spacial score (nSPS) is 21.0. The molecule has 1 saturated heterocycles. The quantitative estimate of drug-likeness (QED) is 0.728. The summed E-state index contributed by atoms with van der Waals surface area (Å²) in [6.07, 6.45) is 4.65. The van der Waals surface area contributed by atoms with E-state index in [-0.39, 0.29) is 11.9 Å². The van der Waals surface area contributed by atoms with Crippen LogP contribution in [-0.4, -0.2) is 43.5 Å². The zero-order chi connectivity index (χ0) is 15.5. The lowest BCUT2D eigenvalue weighted by Crippen LogP contribution is -2.27. The third kappa shape index (κ3) is 3.03. The van der Waals surface area contributed by atoms with Crippen LogP contribution in [0.25, 0.3) is 5.82 Å². The molecule has 0 amide bonds. The molecule has 2 atom stereocenters. The van der Waals surface area contributed by atoms with Gasteiger partial charge >= 0.3 is 11.7 Å². The average molecular weight is 305 g/mol. The first-order chi connectivity index (χ1) is 10.6. The Hall–Kier alpha value is -2.55. The number of rotatable bonds is 4. The number of esters is 1. The Bertz CT molecular complexity index is 711. The highest BCUT2D eigenvalue weighted by Gasteiger charge is 2.28. The van der Waals surface area contributed by atoms with Crippen LogP contribution in [0.2, 0.25) is 0 Å². The van der Waals surface area contributed by atoms with Gasteiger partial charge in [0.25, 0.3) is 0 Å². The van der Waals surface area contributed by atoms with Gasteiger partial charge in [-0.3, -0.25) is 9.36 Å². The monoisotopic (exact) mass is 305 g/mol. The molecule has 22 heavy (non-hydrogen) atoms. The van der Waals surface area contributed by atoms with Gasteiger partial charge in [0, 0.05) is 25.5 Å². The zero-order valence-corrected chi connectivity index (χ0v) is 12.0. The van der Waals surface area contributed by atoms with Gasteiger partial charge in [0.05, 0.1) is 13.2 Å². The van der Waals surface area contributed by atoms with E-state index < -0.39 is 11.9 Å². The van der Waals surface area contributed by atoms with E-state index in [2.05, 4.69) is 15.1 Å². The molecule has 116 valence electrons. The number of carbonyl (C=O) groups excluding carboxylic acids is 1. The Morgan fingerprint density at radius 1 is 1.55 bits per heavy atom. The Morgan fingerprint density at radius 3 is 3.09 bits per heavy atom. The minimum absolute atomic E-state index is 0.0794. The summed E-state index contributed by atoms with van der Waals surface area (Å²) in [6.45, 7) is 2.10. The van der Waals surface area contributed by atoms with Gasteiger partial charge in [0.2, 0.25) is 0 Å². The Labute approximate surface area is 125 Å². The molecule has 2 aromatic heterocycles. The van der Waals surface area contributed by atoms with Crippen molar-refractivity contribution in [3.05, 3.63) is 35.4 Å². The Kier molecular flexibility index (Phi) is 3.96. The van der Waals surface area contributed by atoms with Crippen molar-refractivity contribution in [2.75, 3.05) is 13.2 Å². The molecule has 9 heteroatoms. The average Bonchev–Trinajstić information content (AvgIpc) is 3.16. The molecule has 0 spiro atoms. The molecule has 0 bridgehead atoms. The molecular weight excluding hydrogens is 290 g/mol. The van der Waals surface area contributed by atoms with Crippen LogP contribution >= 0.6 is 0 Å². The van der Waals surface area contributed by atoms with Crippen molar-refractivity contribution in [2.24, 2.45) is 5.92 Å². The fourth-order valence-corrected chi connectivity index (χ4v) is 2.29. The number of nitrogens with zero attached hydrogens (tertiary/aromatic N) is 5. The van der Waals surface area contributed by atoms with Crippen LogP contribution in [0.3, 0.4) is 0 Å². The van der Waals surface area contributed by atoms with Crippen molar-refractivity contribution in [3.8, 4) is 5.82 Å². The van der Waals surface area contributed by atoms with E-state index in [0.717, 1.165) is 0 Å². The Balaban J connectivity index is 1.71. The minimum atomic E-state index is -0.425. The van der Waals surface area contributed by atoms with Crippen molar-refractivity contribution >= 4 is 5.97 Å². The van der Waals surface area contributed by atoms with Gasteiger partial charge in [-0.25, -0.2) is 14.5 Å². The molecule has 1 aliphatic rings. The van der Waals surface area contributed by atoms with Crippen molar-refractivity contribution in [2.45, 2.75) is 19.6 Å². The second-order valence-corrected chi connectivity index (χ2v) is 5.01. The fourth-order valence-electron chi connectivity index (χ4n) is 2.29. The minimum Gasteiger partial charge on any atom is -0.465 e. The van der Waals surface area contributed by atoms with E-state index in [0.29, 0.717) is 25.5 Å². The van der Waals surface area contributed by atoms with Gasteiger partial charge in [-0.2, -0.15) is 10.1 Å². The maximum Gasteiger partial charge on any atom is 0.351 e. The molecule has 0 saturated carbocycles. The van der Waals surface area contributed by atoms with Gasteiger partial charge in [-0.15, -0.1) is 0 Å². The van der Waals surface area contributed by atoms with Crippen LogP contribution in [0, 0.1) is 5.92 Å². The van der Waals surface area contributed by atoms with Crippen molar-refractivity contribution < 1.29 is 14.3 Å². The third-order valence-electron chi connectivity index (χ3n) is 3.36. The number of aromatic nitrogens is 5. The molecule has 0 aromatic carbocycles. The largest absolute Gasteiger partial charge is 0.465 e. The molecule has 1 fully saturated rings. The maximum atomic E-state index is 12.1. The highest BCUT2D eigenvalue weighted by Crippen LogP contribution is 2.26. The first-order valence-electron chi connectivity index (χ1n) is 6.82.